The zero-order valence-corrected chi connectivity index (χ0v) is 21.6. The van der Waals surface area contributed by atoms with Crippen molar-refractivity contribution in [2.45, 2.75) is 25.7 Å². The molecule has 190 valence electrons. The lowest BCUT2D eigenvalue weighted by molar-refractivity contribution is -0.114. The van der Waals surface area contributed by atoms with E-state index in [9.17, 15) is 18.0 Å². The number of hydrogen-bond donors (Lipinski definition) is 2. The van der Waals surface area contributed by atoms with E-state index in [1.165, 1.54) is 19.2 Å². The van der Waals surface area contributed by atoms with Crippen molar-refractivity contribution >= 4 is 33.2 Å². The third-order valence-electron chi connectivity index (χ3n) is 5.40. The highest BCUT2D eigenvalue weighted by molar-refractivity contribution is 7.92. The molecule has 0 aliphatic rings. The quantitative estimate of drug-likeness (QED) is 0.426. The summed E-state index contributed by atoms with van der Waals surface area (Å²) in [6.07, 6.45) is 0. The summed E-state index contributed by atoms with van der Waals surface area (Å²) < 4.78 is 33.6. The number of amides is 2. The minimum Gasteiger partial charge on any atom is -0.496 e. The molecule has 0 radical (unpaired) electrons. The standard InChI is InChI=1S/C27H31N3O5S/c1-19(2)17-28-27(32)23-12-8-9-13-24(23)29-26(31)18-30(21-10-6-5-7-11-21)36(33,34)22-14-15-25(35-4)20(3)16-22/h5-16,19H,17-18H2,1-4H3,(H,28,32)(H,29,31). The van der Waals surface area contributed by atoms with Gasteiger partial charge in [-0.05, 0) is 60.9 Å². The first kappa shape index (κ1) is 26.7. The van der Waals surface area contributed by atoms with Gasteiger partial charge in [-0.25, -0.2) is 8.42 Å². The molecule has 0 bridgehead atoms. The van der Waals surface area contributed by atoms with Gasteiger partial charge in [-0.15, -0.1) is 0 Å². The number of sulfonamides is 1. The number of aryl methyl sites for hydroxylation is 1. The van der Waals surface area contributed by atoms with Crippen LogP contribution >= 0.6 is 0 Å². The molecule has 0 aliphatic carbocycles. The molecule has 9 heteroatoms. The lowest BCUT2D eigenvalue weighted by Crippen LogP contribution is -2.38. The van der Waals surface area contributed by atoms with Gasteiger partial charge in [0.2, 0.25) is 5.91 Å². The van der Waals surface area contributed by atoms with E-state index in [4.69, 9.17) is 4.74 Å². The smallest absolute Gasteiger partial charge is 0.264 e. The Morgan fingerprint density at radius 2 is 1.64 bits per heavy atom. The van der Waals surface area contributed by atoms with Crippen molar-refractivity contribution in [2.75, 3.05) is 29.8 Å². The molecule has 0 heterocycles. The maximum Gasteiger partial charge on any atom is 0.264 e. The number of para-hydroxylation sites is 2. The predicted molar refractivity (Wildman–Crippen MR) is 141 cm³/mol. The van der Waals surface area contributed by atoms with Crippen molar-refractivity contribution in [1.29, 1.82) is 0 Å². The van der Waals surface area contributed by atoms with Crippen molar-refractivity contribution in [2.24, 2.45) is 5.92 Å². The number of rotatable bonds is 10. The number of nitrogens with zero attached hydrogens (tertiary/aromatic N) is 1. The molecule has 3 aromatic carbocycles. The number of anilines is 2. The summed E-state index contributed by atoms with van der Waals surface area (Å²) in [5.74, 6) is -0.0788. The zero-order chi connectivity index (χ0) is 26.3. The number of methoxy groups -OCH3 is 1. The average molecular weight is 510 g/mol. The number of carbonyl (C=O) groups excluding carboxylic acids is 2. The Labute approximate surface area is 212 Å². The molecule has 8 nitrogen and oxygen atoms in total. The van der Waals surface area contributed by atoms with E-state index in [1.807, 2.05) is 13.8 Å². The van der Waals surface area contributed by atoms with Crippen LogP contribution in [0.15, 0.2) is 77.7 Å². The molecule has 0 aliphatic heterocycles. The molecule has 0 aromatic heterocycles. The number of hydrogen-bond acceptors (Lipinski definition) is 5. The second-order valence-corrected chi connectivity index (χ2v) is 10.5. The van der Waals surface area contributed by atoms with Gasteiger partial charge in [-0.2, -0.15) is 0 Å². The van der Waals surface area contributed by atoms with E-state index in [0.29, 0.717) is 34.8 Å². The Balaban J connectivity index is 1.90. The molecule has 0 spiro atoms. The SMILES string of the molecule is COc1ccc(S(=O)(=O)N(CC(=O)Nc2ccccc2C(=O)NCC(C)C)c2ccccc2)cc1C. The fourth-order valence-corrected chi connectivity index (χ4v) is 5.06. The Kier molecular flexibility index (Phi) is 8.71. The summed E-state index contributed by atoms with van der Waals surface area (Å²) in [6.45, 7) is 5.72. The molecule has 0 fully saturated rings. The molecular formula is C27H31N3O5S. The Hall–Kier alpha value is -3.85. The maximum absolute atomic E-state index is 13.6. The minimum atomic E-state index is -4.10. The van der Waals surface area contributed by atoms with Crippen molar-refractivity contribution in [3.63, 3.8) is 0 Å². The molecule has 36 heavy (non-hydrogen) atoms. The van der Waals surface area contributed by atoms with Crippen LogP contribution < -0.4 is 19.7 Å². The predicted octanol–water partition coefficient (Wildman–Crippen LogP) is 4.22. The van der Waals surface area contributed by atoms with Crippen LogP contribution in [-0.4, -0.2) is 40.4 Å². The first-order chi connectivity index (χ1) is 17.1. The largest absolute Gasteiger partial charge is 0.496 e. The maximum atomic E-state index is 13.6. The fraction of sp³-hybridized carbons (Fsp3) is 0.259. The number of carbonyl (C=O) groups is 2. The van der Waals surface area contributed by atoms with Crippen LogP contribution in [0, 0.1) is 12.8 Å². The van der Waals surface area contributed by atoms with Gasteiger partial charge in [-0.1, -0.05) is 44.2 Å². The van der Waals surface area contributed by atoms with E-state index < -0.39 is 22.5 Å². The first-order valence-corrected chi connectivity index (χ1v) is 13.0. The monoisotopic (exact) mass is 509 g/mol. The van der Waals surface area contributed by atoms with Crippen LogP contribution in [0.4, 0.5) is 11.4 Å². The summed E-state index contributed by atoms with van der Waals surface area (Å²) in [7, 11) is -2.58. The van der Waals surface area contributed by atoms with E-state index in [1.54, 1.807) is 67.6 Å². The average Bonchev–Trinajstić information content (AvgIpc) is 2.86. The van der Waals surface area contributed by atoms with E-state index in [-0.39, 0.29) is 16.7 Å². The molecule has 3 aromatic rings. The summed E-state index contributed by atoms with van der Waals surface area (Å²) in [4.78, 5) is 25.8. The molecule has 0 saturated heterocycles. The summed E-state index contributed by atoms with van der Waals surface area (Å²) in [5.41, 5.74) is 1.59. The van der Waals surface area contributed by atoms with Gasteiger partial charge in [0.1, 0.15) is 12.3 Å². The first-order valence-electron chi connectivity index (χ1n) is 11.5. The van der Waals surface area contributed by atoms with Crippen molar-refractivity contribution in [1.82, 2.24) is 5.32 Å². The second kappa shape index (κ2) is 11.7. The van der Waals surface area contributed by atoms with E-state index >= 15 is 0 Å². The third kappa shape index (κ3) is 6.42. The van der Waals surface area contributed by atoms with Gasteiger partial charge in [-0.3, -0.25) is 13.9 Å². The Bertz CT molecular complexity index is 1320. The molecular weight excluding hydrogens is 478 g/mol. The highest BCUT2D eigenvalue weighted by Crippen LogP contribution is 2.27. The fourth-order valence-electron chi connectivity index (χ4n) is 3.55. The van der Waals surface area contributed by atoms with Gasteiger partial charge < -0.3 is 15.4 Å². The number of benzene rings is 3. The van der Waals surface area contributed by atoms with Gasteiger partial charge >= 0.3 is 0 Å². The van der Waals surface area contributed by atoms with Crippen molar-refractivity contribution in [3.8, 4) is 5.75 Å². The van der Waals surface area contributed by atoms with Crippen LogP contribution in [0.5, 0.6) is 5.75 Å². The van der Waals surface area contributed by atoms with Gasteiger partial charge in [0, 0.05) is 6.54 Å². The van der Waals surface area contributed by atoms with Gasteiger partial charge in [0.25, 0.3) is 15.9 Å². The topological polar surface area (TPSA) is 105 Å². The molecule has 0 atom stereocenters. The lowest BCUT2D eigenvalue weighted by atomic mass is 10.1. The minimum absolute atomic E-state index is 0.0333. The van der Waals surface area contributed by atoms with Crippen LogP contribution in [-0.2, 0) is 14.8 Å². The third-order valence-corrected chi connectivity index (χ3v) is 7.17. The highest BCUT2D eigenvalue weighted by Gasteiger charge is 2.28. The van der Waals surface area contributed by atoms with Crippen LogP contribution in [0.1, 0.15) is 29.8 Å². The van der Waals surface area contributed by atoms with Gasteiger partial charge in [0.05, 0.1) is 28.9 Å². The Morgan fingerprint density at radius 3 is 2.28 bits per heavy atom. The molecule has 0 saturated carbocycles. The summed E-state index contributed by atoms with van der Waals surface area (Å²) in [6, 6.07) is 19.5. The number of ether oxygens (including phenoxy) is 1. The second-order valence-electron chi connectivity index (χ2n) is 8.68. The normalized spacial score (nSPS) is 11.1. The van der Waals surface area contributed by atoms with Crippen LogP contribution in [0.25, 0.3) is 0 Å². The van der Waals surface area contributed by atoms with Crippen LogP contribution in [0.3, 0.4) is 0 Å². The summed E-state index contributed by atoms with van der Waals surface area (Å²) in [5, 5.41) is 5.54. The zero-order valence-electron chi connectivity index (χ0n) is 20.8. The lowest BCUT2D eigenvalue weighted by Gasteiger charge is -2.24. The number of nitrogens with one attached hydrogen (secondary N) is 2. The van der Waals surface area contributed by atoms with Gasteiger partial charge in [0.15, 0.2) is 0 Å². The molecule has 2 N–H and O–H groups in total. The van der Waals surface area contributed by atoms with Crippen molar-refractivity contribution in [3.05, 3.63) is 83.9 Å². The summed E-state index contributed by atoms with van der Waals surface area (Å²) >= 11 is 0. The molecule has 2 amide bonds. The van der Waals surface area contributed by atoms with Crippen molar-refractivity contribution < 1.29 is 22.7 Å². The molecule has 0 unspecified atom stereocenters. The van der Waals surface area contributed by atoms with Crippen LogP contribution in [0.2, 0.25) is 0 Å². The Morgan fingerprint density at radius 1 is 0.972 bits per heavy atom. The van der Waals surface area contributed by atoms with E-state index in [0.717, 1.165) is 4.31 Å². The molecule has 3 rings (SSSR count). The van der Waals surface area contributed by atoms with E-state index in [2.05, 4.69) is 10.6 Å². The highest BCUT2D eigenvalue weighted by atomic mass is 32.2.